The van der Waals surface area contributed by atoms with E-state index in [0.29, 0.717) is 48.5 Å². The number of β-amino-alcohol motifs (C(OH)–C–C–N with tert-alkyl or cyclic N) is 1. The fourth-order valence-electron chi connectivity index (χ4n) is 6.51. The van der Waals surface area contributed by atoms with E-state index in [-0.39, 0.29) is 30.7 Å². The third kappa shape index (κ3) is 6.51. The van der Waals surface area contributed by atoms with Gasteiger partial charge in [0, 0.05) is 54.5 Å². The number of halogens is 4. The van der Waals surface area contributed by atoms with E-state index in [1.54, 1.807) is 23.0 Å². The molecular weight excluding hydrogens is 649 g/mol. The number of pyridine rings is 1. The molecular formula is C30H32ClF3N6O5S. The van der Waals surface area contributed by atoms with Gasteiger partial charge in [0.1, 0.15) is 5.15 Å². The Morgan fingerprint density at radius 2 is 1.78 bits per heavy atom. The number of carboxylic acid groups (broad SMARTS) is 1. The number of likely N-dealkylation sites (tertiary alicyclic amines) is 1. The number of aliphatic hydroxyl groups excluding tert-OH is 1. The van der Waals surface area contributed by atoms with E-state index in [2.05, 4.69) is 15.0 Å². The summed E-state index contributed by atoms with van der Waals surface area (Å²) in [5.41, 5.74) is 2.57. The molecule has 2 N–H and O–H groups in total. The summed E-state index contributed by atoms with van der Waals surface area (Å²) in [5.74, 6) is 0.0988. The molecule has 11 nitrogen and oxygen atoms in total. The molecule has 0 spiro atoms. The first-order valence-electron chi connectivity index (χ1n) is 14.7. The number of alkyl halides is 3. The Morgan fingerprint density at radius 3 is 2.41 bits per heavy atom. The number of benzene rings is 1. The summed E-state index contributed by atoms with van der Waals surface area (Å²) < 4.78 is 68.2. The number of fused-ring (bicyclic) bond motifs is 2. The Labute approximate surface area is 267 Å². The van der Waals surface area contributed by atoms with Crippen molar-refractivity contribution in [2.24, 2.45) is 0 Å². The molecule has 0 saturated carbocycles. The van der Waals surface area contributed by atoms with Crippen molar-refractivity contribution in [2.75, 3.05) is 32.4 Å². The highest BCUT2D eigenvalue weighted by atomic mass is 35.5. The summed E-state index contributed by atoms with van der Waals surface area (Å²) >= 11 is 6.01. The summed E-state index contributed by atoms with van der Waals surface area (Å²) in [4.78, 5) is 18.1. The van der Waals surface area contributed by atoms with Crippen LogP contribution in [0, 0.1) is 0 Å². The van der Waals surface area contributed by atoms with Gasteiger partial charge in [0.15, 0.2) is 5.65 Å². The summed E-state index contributed by atoms with van der Waals surface area (Å²) in [7, 11) is -3.52. The molecule has 2 aliphatic heterocycles. The van der Waals surface area contributed by atoms with Gasteiger partial charge in [-0.2, -0.15) is 22.6 Å². The number of piperidine rings is 1. The molecule has 1 saturated heterocycles. The van der Waals surface area contributed by atoms with E-state index in [1.807, 2.05) is 0 Å². The van der Waals surface area contributed by atoms with Crippen LogP contribution in [0.1, 0.15) is 41.1 Å². The Kier molecular flexibility index (Phi) is 8.65. The number of carbonyl (C=O) groups is 1. The molecule has 1 atom stereocenters. The van der Waals surface area contributed by atoms with Crippen LogP contribution < -0.4 is 0 Å². The van der Waals surface area contributed by atoms with Crippen molar-refractivity contribution in [3.05, 3.63) is 70.1 Å². The molecule has 1 aromatic carbocycles. The molecule has 46 heavy (non-hydrogen) atoms. The number of aromatic nitrogens is 4. The van der Waals surface area contributed by atoms with Crippen molar-refractivity contribution in [1.29, 1.82) is 0 Å². The normalized spacial score (nSPS) is 17.8. The maximum Gasteiger partial charge on any atom is 0.417 e. The van der Waals surface area contributed by atoms with Crippen molar-refractivity contribution in [1.82, 2.24) is 28.5 Å². The lowest BCUT2D eigenvalue weighted by Gasteiger charge is -2.33. The lowest BCUT2D eigenvalue weighted by Crippen LogP contribution is -2.40. The van der Waals surface area contributed by atoms with Crippen molar-refractivity contribution in [3.63, 3.8) is 0 Å². The number of sulfonamides is 1. The zero-order chi connectivity index (χ0) is 33.0. The minimum atomic E-state index is -4.49. The molecule has 246 valence electrons. The van der Waals surface area contributed by atoms with Gasteiger partial charge < -0.3 is 15.1 Å². The van der Waals surface area contributed by atoms with Crippen LogP contribution in [0.3, 0.4) is 0 Å². The van der Waals surface area contributed by atoms with Crippen LogP contribution in [0.15, 0.2) is 42.6 Å². The molecule has 0 amide bonds. The molecule has 0 bridgehead atoms. The van der Waals surface area contributed by atoms with Crippen LogP contribution in [-0.4, -0.2) is 91.8 Å². The molecule has 16 heteroatoms. The van der Waals surface area contributed by atoms with Gasteiger partial charge in [-0.25, -0.2) is 22.8 Å². The second kappa shape index (κ2) is 12.3. The summed E-state index contributed by atoms with van der Waals surface area (Å²) in [6.07, 6.45) is -1.92. The largest absolute Gasteiger partial charge is 0.464 e. The molecule has 1 fully saturated rings. The van der Waals surface area contributed by atoms with E-state index >= 15 is 0 Å². The molecule has 5 heterocycles. The zero-order valence-corrected chi connectivity index (χ0v) is 26.4. The SMILES string of the molecule is CS(=O)(=O)N1CCc2c(c(-c3ccc(C(F)(F)F)cc3)nn2CC(O)CN2CCC(c3cn(C(=O)O)c4nc(Cl)ccc34)CC2)C1. The molecule has 0 aliphatic carbocycles. The molecule has 0 radical (unpaired) electrons. The van der Waals surface area contributed by atoms with Gasteiger partial charge in [-0.05, 0) is 61.7 Å². The highest BCUT2D eigenvalue weighted by molar-refractivity contribution is 7.88. The second-order valence-corrected chi connectivity index (χ2v) is 14.2. The predicted molar refractivity (Wildman–Crippen MR) is 164 cm³/mol. The lowest BCUT2D eigenvalue weighted by atomic mass is 9.89. The van der Waals surface area contributed by atoms with E-state index in [0.717, 1.165) is 52.4 Å². The topological polar surface area (TPSA) is 134 Å². The van der Waals surface area contributed by atoms with Gasteiger partial charge in [0.25, 0.3) is 0 Å². The van der Waals surface area contributed by atoms with Crippen molar-refractivity contribution in [3.8, 4) is 11.3 Å². The third-order valence-electron chi connectivity index (χ3n) is 8.79. The third-order valence-corrected chi connectivity index (χ3v) is 10.2. The Hall–Kier alpha value is -3.50. The van der Waals surface area contributed by atoms with Crippen LogP contribution in [0.5, 0.6) is 0 Å². The van der Waals surface area contributed by atoms with E-state index in [1.165, 1.54) is 16.4 Å². The molecule has 4 aromatic rings. The monoisotopic (exact) mass is 680 g/mol. The molecule has 2 aliphatic rings. The zero-order valence-electron chi connectivity index (χ0n) is 24.8. The van der Waals surface area contributed by atoms with Gasteiger partial charge in [-0.15, -0.1) is 0 Å². The highest BCUT2D eigenvalue weighted by Crippen LogP contribution is 2.36. The van der Waals surface area contributed by atoms with Crippen LogP contribution in [0.2, 0.25) is 5.15 Å². The highest BCUT2D eigenvalue weighted by Gasteiger charge is 2.33. The Bertz CT molecular complexity index is 1890. The average molecular weight is 681 g/mol. The number of hydrogen-bond acceptors (Lipinski definition) is 7. The van der Waals surface area contributed by atoms with Crippen molar-refractivity contribution >= 4 is 38.8 Å². The minimum absolute atomic E-state index is 0.0359. The molecule has 6 rings (SSSR count). The van der Waals surface area contributed by atoms with E-state index < -0.39 is 34.0 Å². The fourth-order valence-corrected chi connectivity index (χ4v) is 7.44. The molecule has 3 aromatic heterocycles. The fraction of sp³-hybridized carbons (Fsp3) is 0.433. The van der Waals surface area contributed by atoms with Crippen LogP contribution in [0.4, 0.5) is 18.0 Å². The number of rotatable bonds is 7. The van der Waals surface area contributed by atoms with Crippen LogP contribution >= 0.6 is 11.6 Å². The predicted octanol–water partition coefficient (Wildman–Crippen LogP) is 4.66. The Morgan fingerprint density at radius 1 is 1.09 bits per heavy atom. The standard InChI is InChI=1S/C30H32ClF3N6O5S/c1-46(44,45)38-13-10-25-24(16-38)27(19-2-4-20(5-3-19)30(32,33)34)36-40(25)15-21(41)14-37-11-8-18(9-12-37)23-17-39(29(42)43)28-22(23)6-7-26(31)35-28/h2-7,17-18,21,41H,8-16H2,1H3,(H,42,43). The van der Waals surface area contributed by atoms with Gasteiger partial charge in [-0.1, -0.05) is 23.7 Å². The van der Waals surface area contributed by atoms with Crippen molar-refractivity contribution in [2.45, 2.75) is 50.6 Å². The molecule has 1 unspecified atom stereocenters. The van der Waals surface area contributed by atoms with Crippen molar-refractivity contribution < 1.29 is 36.6 Å². The minimum Gasteiger partial charge on any atom is -0.464 e. The summed E-state index contributed by atoms with van der Waals surface area (Å²) in [6.45, 7) is 2.07. The van der Waals surface area contributed by atoms with Gasteiger partial charge >= 0.3 is 12.3 Å². The van der Waals surface area contributed by atoms with E-state index in [9.17, 15) is 36.6 Å². The first kappa shape index (κ1) is 32.4. The number of aliphatic hydroxyl groups is 1. The van der Waals surface area contributed by atoms with Gasteiger partial charge in [-0.3, -0.25) is 4.68 Å². The average Bonchev–Trinajstić information content (AvgIpc) is 3.55. The maximum atomic E-state index is 13.2. The van der Waals surface area contributed by atoms with Crippen LogP contribution in [-0.2, 0) is 35.7 Å². The number of nitrogens with zero attached hydrogens (tertiary/aromatic N) is 6. The lowest BCUT2D eigenvalue weighted by molar-refractivity contribution is -0.137. The Balaban J connectivity index is 1.17. The van der Waals surface area contributed by atoms with E-state index in [4.69, 9.17) is 11.6 Å². The summed E-state index contributed by atoms with van der Waals surface area (Å²) in [5, 5.41) is 26.4. The first-order chi connectivity index (χ1) is 21.7. The van der Waals surface area contributed by atoms with Crippen LogP contribution in [0.25, 0.3) is 22.3 Å². The van der Waals surface area contributed by atoms with Gasteiger partial charge in [0.05, 0.1) is 30.2 Å². The quantitative estimate of drug-likeness (QED) is 0.270. The summed E-state index contributed by atoms with van der Waals surface area (Å²) in [6, 6.07) is 8.03. The maximum absolute atomic E-state index is 13.2. The second-order valence-electron chi connectivity index (χ2n) is 11.8. The first-order valence-corrected chi connectivity index (χ1v) is 16.9. The smallest absolute Gasteiger partial charge is 0.417 e. The number of hydrogen-bond donors (Lipinski definition) is 2. The van der Waals surface area contributed by atoms with Gasteiger partial charge in [0.2, 0.25) is 10.0 Å².